The van der Waals surface area contributed by atoms with Gasteiger partial charge in [-0.3, -0.25) is 9.59 Å². The average molecular weight is 444 g/mol. The molecule has 0 bridgehead atoms. The Morgan fingerprint density at radius 2 is 1.61 bits per heavy atom. The summed E-state index contributed by atoms with van der Waals surface area (Å²) in [5, 5.41) is 5.74. The SMILES string of the molecule is CCN(CC)S(=O)(=O)c1ccc(C)c(C(=O)Nc2cc(NC(=O)C3CC3)ccc2C)c1. The van der Waals surface area contributed by atoms with Gasteiger partial charge in [-0.25, -0.2) is 8.42 Å². The number of carbonyl (C=O) groups excluding carboxylic acids is 2. The van der Waals surface area contributed by atoms with E-state index < -0.39 is 15.9 Å². The van der Waals surface area contributed by atoms with Crippen LogP contribution in [0.2, 0.25) is 0 Å². The third-order valence-electron chi connectivity index (χ3n) is 5.50. The van der Waals surface area contributed by atoms with Crippen LogP contribution >= 0.6 is 0 Å². The van der Waals surface area contributed by atoms with Crippen LogP contribution < -0.4 is 10.6 Å². The first-order valence-electron chi connectivity index (χ1n) is 10.5. The summed E-state index contributed by atoms with van der Waals surface area (Å²) in [6, 6.07) is 9.94. The molecular formula is C23H29N3O4S. The molecule has 0 heterocycles. The highest BCUT2D eigenvalue weighted by molar-refractivity contribution is 7.89. The zero-order valence-corrected chi connectivity index (χ0v) is 19.2. The van der Waals surface area contributed by atoms with Crippen LogP contribution in [0.3, 0.4) is 0 Å². The van der Waals surface area contributed by atoms with Crippen LogP contribution in [-0.2, 0) is 14.8 Å². The number of benzene rings is 2. The summed E-state index contributed by atoms with van der Waals surface area (Å²) in [7, 11) is -3.67. The number of nitrogens with zero attached hydrogens (tertiary/aromatic N) is 1. The molecule has 2 amide bonds. The standard InChI is InChI=1S/C23H29N3O4S/c1-5-26(6-2)31(29,30)19-12-8-15(3)20(14-19)23(28)25-21-13-18(11-7-16(21)4)24-22(27)17-9-10-17/h7-8,11-14,17H,5-6,9-10H2,1-4H3,(H,24,27)(H,25,28). The summed E-state index contributed by atoms with van der Waals surface area (Å²) in [4.78, 5) is 25.1. The number of aryl methyl sites for hydroxylation is 2. The molecule has 2 aromatic rings. The molecule has 0 saturated heterocycles. The molecule has 3 rings (SSSR count). The van der Waals surface area contributed by atoms with Gasteiger partial charge in [0.1, 0.15) is 0 Å². The highest BCUT2D eigenvalue weighted by atomic mass is 32.2. The fraction of sp³-hybridized carbons (Fsp3) is 0.391. The Balaban J connectivity index is 1.86. The van der Waals surface area contributed by atoms with E-state index in [-0.39, 0.29) is 16.7 Å². The van der Waals surface area contributed by atoms with Crippen molar-refractivity contribution in [1.82, 2.24) is 4.31 Å². The molecule has 0 aliphatic heterocycles. The third-order valence-corrected chi connectivity index (χ3v) is 7.54. The lowest BCUT2D eigenvalue weighted by Gasteiger charge is -2.19. The Morgan fingerprint density at radius 1 is 0.968 bits per heavy atom. The molecule has 0 spiro atoms. The highest BCUT2D eigenvalue weighted by Crippen LogP contribution is 2.31. The fourth-order valence-electron chi connectivity index (χ4n) is 3.33. The van der Waals surface area contributed by atoms with E-state index in [4.69, 9.17) is 0 Å². The van der Waals surface area contributed by atoms with Gasteiger partial charge < -0.3 is 10.6 Å². The molecule has 2 N–H and O–H groups in total. The number of sulfonamides is 1. The first kappa shape index (κ1) is 23.0. The van der Waals surface area contributed by atoms with Crippen molar-refractivity contribution >= 4 is 33.2 Å². The summed E-state index contributed by atoms with van der Waals surface area (Å²) in [6.45, 7) is 7.89. The van der Waals surface area contributed by atoms with E-state index >= 15 is 0 Å². The second-order valence-electron chi connectivity index (χ2n) is 7.81. The first-order valence-corrected chi connectivity index (χ1v) is 11.9. The van der Waals surface area contributed by atoms with Crippen molar-refractivity contribution in [3.05, 3.63) is 53.1 Å². The molecule has 1 saturated carbocycles. The van der Waals surface area contributed by atoms with E-state index in [9.17, 15) is 18.0 Å². The lowest BCUT2D eigenvalue weighted by atomic mass is 10.1. The molecule has 2 aromatic carbocycles. The van der Waals surface area contributed by atoms with Gasteiger partial charge in [0.15, 0.2) is 0 Å². The van der Waals surface area contributed by atoms with Crippen molar-refractivity contribution in [2.75, 3.05) is 23.7 Å². The van der Waals surface area contributed by atoms with Crippen molar-refractivity contribution in [1.29, 1.82) is 0 Å². The van der Waals surface area contributed by atoms with Gasteiger partial charge in [-0.15, -0.1) is 0 Å². The van der Waals surface area contributed by atoms with Crippen LogP contribution in [0.25, 0.3) is 0 Å². The van der Waals surface area contributed by atoms with Gasteiger partial charge in [-0.05, 0) is 62.1 Å². The van der Waals surface area contributed by atoms with Crippen LogP contribution in [0.4, 0.5) is 11.4 Å². The maximum Gasteiger partial charge on any atom is 0.255 e. The van der Waals surface area contributed by atoms with Crippen molar-refractivity contribution in [2.45, 2.75) is 45.4 Å². The second-order valence-corrected chi connectivity index (χ2v) is 9.75. The zero-order chi connectivity index (χ0) is 22.8. The molecule has 8 heteroatoms. The molecule has 1 aliphatic rings. The largest absolute Gasteiger partial charge is 0.326 e. The molecule has 0 aromatic heterocycles. The normalized spacial score (nSPS) is 13.8. The van der Waals surface area contributed by atoms with Gasteiger partial charge in [-0.1, -0.05) is 26.0 Å². The van der Waals surface area contributed by atoms with E-state index in [0.29, 0.717) is 35.6 Å². The molecule has 1 fully saturated rings. The van der Waals surface area contributed by atoms with Crippen LogP contribution in [0, 0.1) is 19.8 Å². The summed E-state index contributed by atoms with van der Waals surface area (Å²) in [6.07, 6.45) is 1.82. The van der Waals surface area contributed by atoms with Gasteiger partial charge in [0.2, 0.25) is 15.9 Å². The summed E-state index contributed by atoms with van der Waals surface area (Å²) < 4.78 is 27.1. The number of anilines is 2. The molecule has 31 heavy (non-hydrogen) atoms. The van der Waals surface area contributed by atoms with Crippen LogP contribution in [0.1, 0.15) is 48.2 Å². The molecule has 0 unspecified atom stereocenters. The number of nitrogens with one attached hydrogen (secondary N) is 2. The Kier molecular flexibility index (Phi) is 6.81. The van der Waals surface area contributed by atoms with E-state index in [0.717, 1.165) is 18.4 Å². The maximum atomic E-state index is 13.0. The van der Waals surface area contributed by atoms with Crippen LogP contribution in [0.5, 0.6) is 0 Å². The Morgan fingerprint density at radius 3 is 2.23 bits per heavy atom. The van der Waals surface area contributed by atoms with Crippen molar-refractivity contribution in [3.63, 3.8) is 0 Å². The summed E-state index contributed by atoms with van der Waals surface area (Å²) in [5.41, 5.74) is 2.98. The van der Waals surface area contributed by atoms with Crippen LogP contribution in [-0.4, -0.2) is 37.6 Å². The highest BCUT2D eigenvalue weighted by Gasteiger charge is 2.29. The fourth-order valence-corrected chi connectivity index (χ4v) is 4.82. The van der Waals surface area contributed by atoms with E-state index in [1.54, 1.807) is 39.0 Å². The second kappa shape index (κ2) is 9.20. The minimum Gasteiger partial charge on any atom is -0.326 e. The minimum atomic E-state index is -3.67. The lowest BCUT2D eigenvalue weighted by molar-refractivity contribution is -0.117. The van der Waals surface area contributed by atoms with Crippen molar-refractivity contribution in [3.8, 4) is 0 Å². The quantitative estimate of drug-likeness (QED) is 0.646. The Labute approximate surface area is 183 Å². The molecule has 0 atom stereocenters. The molecule has 1 aliphatic carbocycles. The topological polar surface area (TPSA) is 95.6 Å². The minimum absolute atomic E-state index is 0.00807. The molecule has 166 valence electrons. The number of hydrogen-bond acceptors (Lipinski definition) is 4. The lowest BCUT2D eigenvalue weighted by Crippen LogP contribution is -2.30. The van der Waals surface area contributed by atoms with Gasteiger partial charge in [0.25, 0.3) is 5.91 Å². The van der Waals surface area contributed by atoms with E-state index in [1.165, 1.54) is 16.4 Å². The molecular weight excluding hydrogens is 414 g/mol. The molecule has 0 radical (unpaired) electrons. The van der Waals surface area contributed by atoms with Crippen molar-refractivity contribution in [2.24, 2.45) is 5.92 Å². The number of carbonyl (C=O) groups is 2. The van der Waals surface area contributed by atoms with Gasteiger partial charge in [0, 0.05) is 35.9 Å². The predicted octanol–water partition coefficient (Wildman–Crippen LogP) is 3.93. The smallest absolute Gasteiger partial charge is 0.255 e. The van der Waals surface area contributed by atoms with Crippen LogP contribution in [0.15, 0.2) is 41.3 Å². The zero-order valence-electron chi connectivity index (χ0n) is 18.4. The predicted molar refractivity (Wildman–Crippen MR) is 122 cm³/mol. The monoisotopic (exact) mass is 443 g/mol. The third kappa shape index (κ3) is 5.14. The van der Waals surface area contributed by atoms with E-state index in [2.05, 4.69) is 10.6 Å². The van der Waals surface area contributed by atoms with Gasteiger partial charge >= 0.3 is 0 Å². The number of rotatable bonds is 8. The van der Waals surface area contributed by atoms with Gasteiger partial charge in [0.05, 0.1) is 4.90 Å². The van der Waals surface area contributed by atoms with Gasteiger partial charge in [-0.2, -0.15) is 4.31 Å². The Bertz CT molecular complexity index is 1100. The Hall–Kier alpha value is -2.71. The number of hydrogen-bond donors (Lipinski definition) is 2. The average Bonchev–Trinajstić information content (AvgIpc) is 3.56. The summed E-state index contributed by atoms with van der Waals surface area (Å²) in [5.74, 6) is -0.327. The van der Waals surface area contributed by atoms with Crippen molar-refractivity contribution < 1.29 is 18.0 Å². The summed E-state index contributed by atoms with van der Waals surface area (Å²) >= 11 is 0. The molecule has 7 nitrogen and oxygen atoms in total. The number of amides is 2. The van der Waals surface area contributed by atoms with E-state index in [1.807, 2.05) is 13.0 Å². The maximum absolute atomic E-state index is 13.0. The first-order chi connectivity index (χ1) is 14.7.